The Bertz CT molecular complexity index is 305. The third-order valence-corrected chi connectivity index (χ3v) is 3.82. The monoisotopic (exact) mass is 230 g/mol. The van der Waals surface area contributed by atoms with E-state index in [9.17, 15) is 5.11 Å². The van der Waals surface area contributed by atoms with Crippen molar-refractivity contribution in [3.63, 3.8) is 0 Å². The zero-order valence-electron chi connectivity index (χ0n) is 9.80. The molecule has 0 aromatic carbocycles. The molecule has 16 heavy (non-hydrogen) atoms. The van der Waals surface area contributed by atoms with Crippen LogP contribution in [0.5, 0.6) is 0 Å². The fourth-order valence-electron chi connectivity index (χ4n) is 2.93. The van der Waals surface area contributed by atoms with Gasteiger partial charge in [-0.3, -0.25) is 0 Å². The lowest BCUT2D eigenvalue weighted by Crippen LogP contribution is -2.59. The van der Waals surface area contributed by atoms with Crippen molar-refractivity contribution < 1.29 is 24.1 Å². The molecular formula is C11H18O5. The first-order valence-corrected chi connectivity index (χ1v) is 5.73. The van der Waals surface area contributed by atoms with Crippen molar-refractivity contribution in [2.45, 2.75) is 62.7 Å². The molecule has 5 heteroatoms. The Labute approximate surface area is 94.6 Å². The predicted molar refractivity (Wildman–Crippen MR) is 53.7 cm³/mol. The Kier molecular flexibility index (Phi) is 2.17. The average Bonchev–Trinajstić information content (AvgIpc) is 2.68. The molecule has 2 aliphatic heterocycles. The van der Waals surface area contributed by atoms with Crippen LogP contribution in [0.15, 0.2) is 0 Å². The van der Waals surface area contributed by atoms with Crippen molar-refractivity contribution >= 4 is 0 Å². The average molecular weight is 230 g/mol. The Hall–Kier alpha value is -0.200. The van der Waals surface area contributed by atoms with Crippen molar-refractivity contribution in [1.82, 2.24) is 0 Å². The van der Waals surface area contributed by atoms with Gasteiger partial charge in [-0.15, -0.1) is 0 Å². The van der Waals surface area contributed by atoms with Gasteiger partial charge in [0.15, 0.2) is 12.1 Å². The van der Waals surface area contributed by atoms with Gasteiger partial charge in [-0.05, 0) is 26.7 Å². The lowest BCUT2D eigenvalue weighted by atomic mass is 9.73. The number of rotatable bonds is 1. The summed E-state index contributed by atoms with van der Waals surface area (Å²) in [7, 11) is 1.58. The van der Waals surface area contributed by atoms with E-state index in [-0.39, 0.29) is 12.2 Å². The molecule has 5 nitrogen and oxygen atoms in total. The van der Waals surface area contributed by atoms with Crippen LogP contribution < -0.4 is 0 Å². The molecule has 0 amide bonds. The van der Waals surface area contributed by atoms with E-state index in [1.54, 1.807) is 7.11 Å². The molecule has 3 fully saturated rings. The lowest BCUT2D eigenvalue weighted by molar-refractivity contribution is -0.289. The topological polar surface area (TPSA) is 57.2 Å². The second-order valence-corrected chi connectivity index (χ2v) is 5.25. The van der Waals surface area contributed by atoms with Crippen LogP contribution in [0.3, 0.4) is 0 Å². The largest absolute Gasteiger partial charge is 0.390 e. The van der Waals surface area contributed by atoms with Crippen molar-refractivity contribution in [3.05, 3.63) is 0 Å². The fraction of sp³-hybridized carbons (Fsp3) is 1.00. The van der Waals surface area contributed by atoms with Gasteiger partial charge in [-0.25, -0.2) is 0 Å². The molecular weight excluding hydrogens is 212 g/mol. The maximum absolute atomic E-state index is 9.91. The number of ether oxygens (including phenoxy) is 4. The maximum atomic E-state index is 9.91. The molecule has 1 spiro atoms. The Morgan fingerprint density at radius 1 is 1.25 bits per heavy atom. The molecule has 3 rings (SSSR count). The summed E-state index contributed by atoms with van der Waals surface area (Å²) in [5, 5.41) is 9.91. The molecule has 5 atom stereocenters. The molecule has 3 unspecified atom stereocenters. The summed E-state index contributed by atoms with van der Waals surface area (Å²) in [6, 6.07) is 0. The number of hydrogen-bond donors (Lipinski definition) is 1. The lowest BCUT2D eigenvalue weighted by Gasteiger charge is -2.45. The molecule has 0 aromatic heterocycles. The van der Waals surface area contributed by atoms with Gasteiger partial charge in [0.25, 0.3) is 0 Å². The minimum Gasteiger partial charge on any atom is -0.390 e. The fourth-order valence-corrected chi connectivity index (χ4v) is 2.93. The van der Waals surface area contributed by atoms with Gasteiger partial charge in [0.2, 0.25) is 0 Å². The number of aliphatic hydroxyl groups excluding tert-OH is 1. The number of fused-ring (bicyclic) bond motifs is 2. The van der Waals surface area contributed by atoms with Gasteiger partial charge < -0.3 is 24.1 Å². The highest BCUT2D eigenvalue weighted by molar-refractivity contribution is 5.13. The standard InChI is InChI=1S/C11H18O5/c1-10(2)14-7-8(15-10)11(5-4-6(11)12)16-9(7)13-3/h6-9,12H,4-5H2,1-3H3/t6?,7?,8-,9?,11+/m1/s1. The van der Waals surface area contributed by atoms with Gasteiger partial charge in [-0.2, -0.15) is 0 Å². The minimum absolute atomic E-state index is 0.226. The van der Waals surface area contributed by atoms with Crippen molar-refractivity contribution in [1.29, 1.82) is 0 Å². The van der Waals surface area contributed by atoms with Crippen molar-refractivity contribution in [2.75, 3.05) is 7.11 Å². The smallest absolute Gasteiger partial charge is 0.187 e. The van der Waals surface area contributed by atoms with E-state index in [0.717, 1.165) is 12.8 Å². The summed E-state index contributed by atoms with van der Waals surface area (Å²) in [5.41, 5.74) is -0.612. The van der Waals surface area contributed by atoms with E-state index in [0.29, 0.717) is 0 Å². The Morgan fingerprint density at radius 2 is 2.00 bits per heavy atom. The number of hydrogen-bond acceptors (Lipinski definition) is 5. The third kappa shape index (κ3) is 1.23. The zero-order valence-corrected chi connectivity index (χ0v) is 9.80. The number of methoxy groups -OCH3 is 1. The van der Waals surface area contributed by atoms with Crippen LogP contribution >= 0.6 is 0 Å². The summed E-state index contributed by atoms with van der Waals surface area (Å²) in [5.74, 6) is -0.627. The van der Waals surface area contributed by atoms with Crippen LogP contribution in [0.2, 0.25) is 0 Å². The minimum atomic E-state index is -0.627. The zero-order chi connectivity index (χ0) is 11.6. The van der Waals surface area contributed by atoms with Gasteiger partial charge in [0.05, 0.1) is 6.10 Å². The summed E-state index contributed by atoms with van der Waals surface area (Å²) in [6.07, 6.45) is 0.170. The molecule has 2 heterocycles. The molecule has 3 aliphatic rings. The normalized spacial score (nSPS) is 54.0. The van der Waals surface area contributed by atoms with E-state index in [2.05, 4.69) is 0 Å². The second-order valence-electron chi connectivity index (χ2n) is 5.25. The molecule has 2 saturated heterocycles. The first kappa shape index (κ1) is 10.9. The van der Waals surface area contributed by atoms with E-state index < -0.39 is 23.8 Å². The van der Waals surface area contributed by atoms with E-state index in [1.165, 1.54) is 0 Å². The molecule has 92 valence electrons. The van der Waals surface area contributed by atoms with Crippen LogP contribution in [-0.2, 0) is 18.9 Å². The summed E-state index contributed by atoms with van der Waals surface area (Å²) < 4.78 is 22.7. The Morgan fingerprint density at radius 3 is 2.50 bits per heavy atom. The highest BCUT2D eigenvalue weighted by Gasteiger charge is 2.68. The molecule has 0 bridgehead atoms. The van der Waals surface area contributed by atoms with E-state index in [4.69, 9.17) is 18.9 Å². The molecule has 1 saturated carbocycles. The highest BCUT2D eigenvalue weighted by atomic mass is 16.8. The summed E-state index contributed by atoms with van der Waals surface area (Å²) in [6.45, 7) is 3.74. The van der Waals surface area contributed by atoms with E-state index >= 15 is 0 Å². The molecule has 1 aliphatic carbocycles. The number of aliphatic hydroxyl groups is 1. The Balaban J connectivity index is 1.89. The SMILES string of the molecule is COC1O[C@]2(CCC2O)[C@@H]2OC(C)(C)OC12. The third-order valence-electron chi connectivity index (χ3n) is 3.82. The second kappa shape index (κ2) is 3.17. The molecule has 1 N–H and O–H groups in total. The first-order chi connectivity index (χ1) is 7.48. The molecule has 0 radical (unpaired) electrons. The van der Waals surface area contributed by atoms with Crippen LogP contribution in [0, 0.1) is 0 Å². The van der Waals surface area contributed by atoms with Crippen LogP contribution in [0.25, 0.3) is 0 Å². The van der Waals surface area contributed by atoms with Crippen LogP contribution in [0.1, 0.15) is 26.7 Å². The van der Waals surface area contributed by atoms with E-state index in [1.807, 2.05) is 13.8 Å². The van der Waals surface area contributed by atoms with Gasteiger partial charge >= 0.3 is 0 Å². The maximum Gasteiger partial charge on any atom is 0.187 e. The quantitative estimate of drug-likeness (QED) is 0.706. The summed E-state index contributed by atoms with van der Waals surface area (Å²) >= 11 is 0. The van der Waals surface area contributed by atoms with Crippen LogP contribution in [0.4, 0.5) is 0 Å². The first-order valence-electron chi connectivity index (χ1n) is 5.73. The van der Waals surface area contributed by atoms with Crippen LogP contribution in [-0.4, -0.2) is 48.2 Å². The molecule has 0 aromatic rings. The predicted octanol–water partition coefficient (Wildman–Crippen LogP) is 0.403. The van der Waals surface area contributed by atoms with Gasteiger partial charge in [0.1, 0.15) is 17.8 Å². The van der Waals surface area contributed by atoms with Crippen molar-refractivity contribution in [2.24, 2.45) is 0 Å². The van der Waals surface area contributed by atoms with Crippen molar-refractivity contribution in [3.8, 4) is 0 Å². The summed E-state index contributed by atoms with van der Waals surface area (Å²) in [4.78, 5) is 0. The van der Waals surface area contributed by atoms with Gasteiger partial charge in [-0.1, -0.05) is 0 Å². The van der Waals surface area contributed by atoms with Gasteiger partial charge in [0, 0.05) is 7.11 Å². The highest BCUT2D eigenvalue weighted by Crippen LogP contribution is 2.52.